The highest BCUT2D eigenvalue weighted by Crippen LogP contribution is 2.36. The molecular formula is C25H26N8O. The van der Waals surface area contributed by atoms with E-state index in [4.69, 9.17) is 0 Å². The number of piperidine rings is 1. The number of pyridine rings is 1. The van der Waals surface area contributed by atoms with Crippen molar-refractivity contribution in [3.8, 4) is 11.1 Å². The zero-order chi connectivity index (χ0) is 23.1. The van der Waals surface area contributed by atoms with E-state index in [1.165, 1.54) is 0 Å². The molecule has 1 aromatic carbocycles. The second kappa shape index (κ2) is 8.18. The van der Waals surface area contributed by atoms with E-state index >= 15 is 0 Å². The first kappa shape index (κ1) is 20.7. The molecule has 0 unspecified atom stereocenters. The molecule has 9 nitrogen and oxygen atoms in total. The second-order valence-corrected chi connectivity index (χ2v) is 9.35. The van der Waals surface area contributed by atoms with E-state index in [9.17, 15) is 4.79 Å². The van der Waals surface area contributed by atoms with E-state index in [2.05, 4.69) is 35.8 Å². The highest BCUT2D eigenvalue weighted by atomic mass is 16.1. The number of benzene rings is 1. The van der Waals surface area contributed by atoms with Crippen LogP contribution in [-0.2, 0) is 7.05 Å². The van der Waals surface area contributed by atoms with Crippen molar-refractivity contribution in [1.29, 1.82) is 0 Å². The highest BCUT2D eigenvalue weighted by Gasteiger charge is 2.39. The van der Waals surface area contributed by atoms with Crippen LogP contribution in [0.4, 0.5) is 11.6 Å². The van der Waals surface area contributed by atoms with Crippen LogP contribution in [0.25, 0.3) is 22.0 Å². The van der Waals surface area contributed by atoms with E-state index in [1.807, 2.05) is 49.8 Å². The predicted octanol–water partition coefficient (Wildman–Crippen LogP) is 2.87. The lowest BCUT2D eigenvalue weighted by molar-refractivity contribution is 0.102. The number of hydrogen-bond acceptors (Lipinski definition) is 7. The number of amides is 1. The molecule has 0 atom stereocenters. The number of anilines is 2. The van der Waals surface area contributed by atoms with Gasteiger partial charge in [-0.2, -0.15) is 5.10 Å². The lowest BCUT2D eigenvalue weighted by atomic mass is 9.73. The minimum absolute atomic E-state index is 0.225. The van der Waals surface area contributed by atoms with Gasteiger partial charge >= 0.3 is 0 Å². The van der Waals surface area contributed by atoms with Gasteiger partial charge in [-0.15, -0.1) is 10.2 Å². The lowest BCUT2D eigenvalue weighted by Gasteiger charge is -2.48. The standard InChI is InChI=1S/C25H26N8O/c1-32-14-20(13-28-32)17-2-3-21-19(10-17)11-22(31-30-21)29-24(34)18-4-7-27-23(12-18)33-8-5-25(6-9-33)15-26-16-25/h2-4,7,10-14,26H,5-6,8-9,15-16H2,1H3,(H,29,31,34). The van der Waals surface area contributed by atoms with Crippen LogP contribution in [0.5, 0.6) is 0 Å². The van der Waals surface area contributed by atoms with Gasteiger partial charge in [0.2, 0.25) is 0 Å². The molecular weight excluding hydrogens is 428 g/mol. The van der Waals surface area contributed by atoms with Crippen LogP contribution in [0.1, 0.15) is 23.2 Å². The Bertz CT molecular complexity index is 1370. The van der Waals surface area contributed by atoms with E-state index in [-0.39, 0.29) is 5.91 Å². The van der Waals surface area contributed by atoms with Crippen molar-refractivity contribution >= 4 is 28.4 Å². The third-order valence-corrected chi connectivity index (χ3v) is 7.02. The maximum atomic E-state index is 13.0. The first-order valence-electron chi connectivity index (χ1n) is 11.6. The molecule has 1 spiro atoms. The molecule has 4 aromatic rings. The molecule has 0 aliphatic carbocycles. The van der Waals surface area contributed by atoms with Gasteiger partial charge in [0, 0.05) is 62.1 Å². The average Bonchev–Trinajstić information content (AvgIpc) is 3.29. The largest absolute Gasteiger partial charge is 0.357 e. The molecule has 2 N–H and O–H groups in total. The number of rotatable bonds is 4. The van der Waals surface area contributed by atoms with Gasteiger partial charge in [0.1, 0.15) is 5.82 Å². The topological polar surface area (TPSA) is 101 Å². The number of aryl methyl sites for hydroxylation is 1. The Balaban J connectivity index is 1.19. The number of nitrogens with zero attached hydrogens (tertiary/aromatic N) is 6. The summed E-state index contributed by atoms with van der Waals surface area (Å²) in [5.41, 5.74) is 3.85. The minimum Gasteiger partial charge on any atom is -0.357 e. The second-order valence-electron chi connectivity index (χ2n) is 9.35. The van der Waals surface area contributed by atoms with Gasteiger partial charge in [-0.1, -0.05) is 6.07 Å². The zero-order valence-electron chi connectivity index (χ0n) is 19.0. The molecule has 9 heteroatoms. The molecule has 34 heavy (non-hydrogen) atoms. The number of fused-ring (bicyclic) bond motifs is 1. The van der Waals surface area contributed by atoms with Crippen LogP contribution in [0.15, 0.2) is 55.0 Å². The van der Waals surface area contributed by atoms with Crippen LogP contribution in [-0.4, -0.2) is 57.0 Å². The molecule has 3 aromatic heterocycles. The summed E-state index contributed by atoms with van der Waals surface area (Å²) in [7, 11) is 1.89. The molecule has 1 amide bonds. The van der Waals surface area contributed by atoms with Crippen LogP contribution in [0, 0.1) is 5.41 Å². The van der Waals surface area contributed by atoms with Crippen molar-refractivity contribution in [2.24, 2.45) is 12.5 Å². The number of nitrogens with one attached hydrogen (secondary N) is 2. The Morgan fingerprint density at radius 3 is 2.65 bits per heavy atom. The third-order valence-electron chi connectivity index (χ3n) is 7.02. The van der Waals surface area contributed by atoms with Crippen LogP contribution >= 0.6 is 0 Å². The summed E-state index contributed by atoms with van der Waals surface area (Å²) in [6.07, 6.45) is 7.80. The van der Waals surface area contributed by atoms with E-state index in [0.717, 1.165) is 66.9 Å². The Morgan fingerprint density at radius 2 is 1.91 bits per heavy atom. The van der Waals surface area contributed by atoms with E-state index in [1.54, 1.807) is 16.9 Å². The van der Waals surface area contributed by atoms with Gasteiger partial charge in [-0.3, -0.25) is 9.48 Å². The Hall–Kier alpha value is -3.85. The summed E-state index contributed by atoms with van der Waals surface area (Å²) in [5, 5.41) is 19.9. The number of carbonyl (C=O) groups excluding carboxylic acids is 1. The predicted molar refractivity (Wildman–Crippen MR) is 131 cm³/mol. The molecule has 0 bridgehead atoms. The van der Waals surface area contributed by atoms with Crippen molar-refractivity contribution in [3.63, 3.8) is 0 Å². The minimum atomic E-state index is -0.225. The number of carbonyl (C=O) groups is 1. The molecule has 2 aliphatic heterocycles. The van der Waals surface area contributed by atoms with E-state index in [0.29, 0.717) is 16.8 Å². The summed E-state index contributed by atoms with van der Waals surface area (Å²) in [6, 6.07) is 11.4. The van der Waals surface area contributed by atoms with E-state index < -0.39 is 0 Å². The quantitative estimate of drug-likeness (QED) is 0.489. The highest BCUT2D eigenvalue weighted by molar-refractivity contribution is 6.04. The molecule has 0 saturated carbocycles. The van der Waals surface area contributed by atoms with Gasteiger partial charge in [-0.25, -0.2) is 4.98 Å². The molecule has 6 rings (SSSR count). The van der Waals surface area contributed by atoms with Gasteiger partial charge in [0.15, 0.2) is 5.82 Å². The third kappa shape index (κ3) is 3.88. The van der Waals surface area contributed by atoms with Crippen molar-refractivity contribution in [1.82, 2.24) is 30.3 Å². The SMILES string of the molecule is Cn1cc(-c2ccc3nnc(NC(=O)c4ccnc(N5CCC6(CC5)CNC6)c4)cc3c2)cn1. The Labute approximate surface area is 197 Å². The lowest BCUT2D eigenvalue weighted by Crippen LogP contribution is -2.58. The first-order valence-corrected chi connectivity index (χ1v) is 11.6. The molecule has 2 aliphatic rings. The summed E-state index contributed by atoms with van der Waals surface area (Å²) in [6.45, 7) is 4.17. The summed E-state index contributed by atoms with van der Waals surface area (Å²) < 4.78 is 1.77. The summed E-state index contributed by atoms with van der Waals surface area (Å²) >= 11 is 0. The monoisotopic (exact) mass is 454 g/mol. The van der Waals surface area contributed by atoms with Crippen LogP contribution in [0.2, 0.25) is 0 Å². The van der Waals surface area contributed by atoms with Crippen LogP contribution < -0.4 is 15.5 Å². The smallest absolute Gasteiger partial charge is 0.257 e. The molecule has 0 radical (unpaired) electrons. The molecule has 172 valence electrons. The molecule has 5 heterocycles. The van der Waals surface area contributed by atoms with Crippen molar-refractivity contribution < 1.29 is 4.79 Å². The summed E-state index contributed by atoms with van der Waals surface area (Å²) in [4.78, 5) is 19.8. The van der Waals surface area contributed by atoms with Gasteiger partial charge in [0.05, 0.1) is 11.7 Å². The maximum Gasteiger partial charge on any atom is 0.257 e. The molecule has 2 saturated heterocycles. The summed E-state index contributed by atoms with van der Waals surface area (Å²) in [5.74, 6) is 1.04. The Kier molecular flexibility index (Phi) is 4.99. The van der Waals surface area contributed by atoms with Crippen molar-refractivity contribution in [3.05, 3.63) is 60.6 Å². The zero-order valence-corrected chi connectivity index (χ0v) is 19.0. The maximum absolute atomic E-state index is 13.0. The first-order chi connectivity index (χ1) is 16.6. The van der Waals surface area contributed by atoms with Crippen molar-refractivity contribution in [2.75, 3.05) is 36.4 Å². The number of hydrogen-bond donors (Lipinski definition) is 2. The normalized spacial score (nSPS) is 17.0. The number of aromatic nitrogens is 5. The van der Waals surface area contributed by atoms with Gasteiger partial charge in [-0.05, 0) is 54.2 Å². The molecule has 2 fully saturated rings. The Morgan fingerprint density at radius 1 is 1.06 bits per heavy atom. The fourth-order valence-electron chi connectivity index (χ4n) is 4.82. The van der Waals surface area contributed by atoms with Crippen LogP contribution in [0.3, 0.4) is 0 Å². The fourth-order valence-corrected chi connectivity index (χ4v) is 4.82. The fraction of sp³-hybridized carbons (Fsp3) is 0.320. The van der Waals surface area contributed by atoms with Crippen molar-refractivity contribution in [2.45, 2.75) is 12.8 Å². The average molecular weight is 455 g/mol. The van der Waals surface area contributed by atoms with Gasteiger partial charge in [0.25, 0.3) is 5.91 Å². The van der Waals surface area contributed by atoms with Gasteiger partial charge < -0.3 is 15.5 Å².